The summed E-state index contributed by atoms with van der Waals surface area (Å²) in [7, 11) is 3.26. The molecular formula is C17H17NO3. The Balaban J connectivity index is 1.94. The SMILES string of the molecule is COc1cccc(N2CCc3cc(OC)ccc3C2=O)c1. The summed E-state index contributed by atoms with van der Waals surface area (Å²) in [6.45, 7) is 0.659. The Bertz CT molecular complexity index is 681. The number of nitrogens with zero attached hydrogens (tertiary/aromatic N) is 1. The van der Waals surface area contributed by atoms with Crippen molar-refractivity contribution in [2.45, 2.75) is 6.42 Å². The second-order valence-electron chi connectivity index (χ2n) is 4.93. The van der Waals surface area contributed by atoms with E-state index in [0.717, 1.165) is 34.7 Å². The zero-order valence-corrected chi connectivity index (χ0v) is 12.1. The molecule has 4 heteroatoms. The van der Waals surface area contributed by atoms with Crippen molar-refractivity contribution < 1.29 is 14.3 Å². The second-order valence-corrected chi connectivity index (χ2v) is 4.93. The van der Waals surface area contributed by atoms with Gasteiger partial charge in [-0.25, -0.2) is 0 Å². The van der Waals surface area contributed by atoms with Gasteiger partial charge in [0.2, 0.25) is 0 Å². The molecule has 0 unspecified atom stereocenters. The molecule has 1 heterocycles. The molecule has 3 rings (SSSR count). The summed E-state index contributed by atoms with van der Waals surface area (Å²) in [6.07, 6.45) is 0.815. The normalized spacial score (nSPS) is 13.8. The lowest BCUT2D eigenvalue weighted by Crippen LogP contribution is -2.37. The first-order chi connectivity index (χ1) is 10.2. The summed E-state index contributed by atoms with van der Waals surface area (Å²) in [4.78, 5) is 14.4. The molecular weight excluding hydrogens is 266 g/mol. The van der Waals surface area contributed by atoms with Gasteiger partial charge in [0.1, 0.15) is 11.5 Å². The molecule has 0 radical (unpaired) electrons. The Hall–Kier alpha value is -2.49. The Morgan fingerprint density at radius 2 is 1.76 bits per heavy atom. The highest BCUT2D eigenvalue weighted by atomic mass is 16.5. The molecule has 0 atom stereocenters. The van der Waals surface area contributed by atoms with Crippen LogP contribution in [0.3, 0.4) is 0 Å². The molecule has 0 spiro atoms. The van der Waals surface area contributed by atoms with E-state index in [1.807, 2.05) is 42.5 Å². The van der Waals surface area contributed by atoms with E-state index in [1.54, 1.807) is 19.1 Å². The van der Waals surface area contributed by atoms with Crippen molar-refractivity contribution >= 4 is 11.6 Å². The number of fused-ring (bicyclic) bond motifs is 1. The molecule has 1 aliphatic heterocycles. The number of hydrogen-bond acceptors (Lipinski definition) is 3. The van der Waals surface area contributed by atoms with Gasteiger partial charge in [-0.15, -0.1) is 0 Å². The summed E-state index contributed by atoms with van der Waals surface area (Å²) < 4.78 is 10.4. The molecule has 4 nitrogen and oxygen atoms in total. The number of anilines is 1. The summed E-state index contributed by atoms with van der Waals surface area (Å²) >= 11 is 0. The van der Waals surface area contributed by atoms with Crippen LogP contribution in [0.4, 0.5) is 5.69 Å². The molecule has 21 heavy (non-hydrogen) atoms. The molecule has 2 aromatic rings. The van der Waals surface area contributed by atoms with E-state index in [4.69, 9.17) is 9.47 Å². The van der Waals surface area contributed by atoms with Crippen molar-refractivity contribution in [1.29, 1.82) is 0 Å². The van der Waals surface area contributed by atoms with Crippen molar-refractivity contribution in [3.05, 3.63) is 53.6 Å². The summed E-state index contributed by atoms with van der Waals surface area (Å²) in [5, 5.41) is 0. The van der Waals surface area contributed by atoms with Gasteiger partial charge in [-0.1, -0.05) is 6.07 Å². The molecule has 2 aromatic carbocycles. The summed E-state index contributed by atoms with van der Waals surface area (Å²) in [5.41, 5.74) is 2.64. The van der Waals surface area contributed by atoms with E-state index in [2.05, 4.69) is 0 Å². The van der Waals surface area contributed by atoms with E-state index in [-0.39, 0.29) is 5.91 Å². The number of methoxy groups -OCH3 is 2. The Labute approximate surface area is 123 Å². The topological polar surface area (TPSA) is 38.8 Å². The first-order valence-corrected chi connectivity index (χ1v) is 6.86. The lowest BCUT2D eigenvalue weighted by molar-refractivity contribution is 0.0980. The largest absolute Gasteiger partial charge is 0.497 e. The molecule has 1 amide bonds. The van der Waals surface area contributed by atoms with Crippen LogP contribution < -0.4 is 14.4 Å². The van der Waals surface area contributed by atoms with Crippen LogP contribution in [0.15, 0.2) is 42.5 Å². The number of benzene rings is 2. The first-order valence-electron chi connectivity index (χ1n) is 6.86. The molecule has 0 saturated heterocycles. The van der Waals surface area contributed by atoms with Crippen molar-refractivity contribution in [3.63, 3.8) is 0 Å². The smallest absolute Gasteiger partial charge is 0.258 e. The van der Waals surface area contributed by atoms with Crippen molar-refractivity contribution in [3.8, 4) is 11.5 Å². The fraction of sp³-hybridized carbons (Fsp3) is 0.235. The predicted molar refractivity (Wildman–Crippen MR) is 81.4 cm³/mol. The highest BCUT2D eigenvalue weighted by molar-refractivity contribution is 6.08. The van der Waals surface area contributed by atoms with Gasteiger partial charge in [-0.2, -0.15) is 0 Å². The minimum atomic E-state index is 0.0205. The Morgan fingerprint density at radius 3 is 2.52 bits per heavy atom. The summed E-state index contributed by atoms with van der Waals surface area (Å²) in [5.74, 6) is 1.56. The number of hydrogen-bond donors (Lipinski definition) is 0. The number of amides is 1. The van der Waals surface area contributed by atoms with Gasteiger partial charge in [0.05, 0.1) is 14.2 Å². The van der Waals surface area contributed by atoms with E-state index >= 15 is 0 Å². The second kappa shape index (κ2) is 5.48. The molecule has 0 bridgehead atoms. The predicted octanol–water partition coefficient (Wildman–Crippen LogP) is 2.91. The maximum Gasteiger partial charge on any atom is 0.258 e. The Morgan fingerprint density at radius 1 is 1.00 bits per heavy atom. The van der Waals surface area contributed by atoms with E-state index in [9.17, 15) is 4.79 Å². The summed E-state index contributed by atoms with van der Waals surface area (Å²) in [6, 6.07) is 13.2. The number of carbonyl (C=O) groups is 1. The van der Waals surface area contributed by atoms with Crippen LogP contribution in [0.2, 0.25) is 0 Å². The van der Waals surface area contributed by atoms with E-state index < -0.39 is 0 Å². The average molecular weight is 283 g/mol. The molecule has 0 aromatic heterocycles. The number of ether oxygens (including phenoxy) is 2. The van der Waals surface area contributed by atoms with Crippen LogP contribution in [0, 0.1) is 0 Å². The monoisotopic (exact) mass is 283 g/mol. The molecule has 0 fully saturated rings. The van der Waals surface area contributed by atoms with Crippen LogP contribution in [0.5, 0.6) is 11.5 Å². The van der Waals surface area contributed by atoms with Crippen molar-refractivity contribution in [2.75, 3.05) is 25.7 Å². The molecule has 0 aliphatic carbocycles. The van der Waals surface area contributed by atoms with Crippen LogP contribution >= 0.6 is 0 Å². The standard InChI is InChI=1S/C17H17NO3/c1-20-14-5-3-4-13(11-14)18-9-8-12-10-15(21-2)6-7-16(12)17(18)19/h3-7,10-11H,8-9H2,1-2H3. The zero-order chi connectivity index (χ0) is 14.8. The van der Waals surface area contributed by atoms with Gasteiger partial charge in [-0.3, -0.25) is 4.79 Å². The fourth-order valence-electron chi connectivity index (χ4n) is 2.62. The molecule has 0 N–H and O–H groups in total. The molecule has 0 saturated carbocycles. The maximum absolute atomic E-state index is 12.7. The minimum Gasteiger partial charge on any atom is -0.497 e. The highest BCUT2D eigenvalue weighted by Crippen LogP contribution is 2.28. The van der Waals surface area contributed by atoms with Gasteiger partial charge in [0.25, 0.3) is 5.91 Å². The third-order valence-electron chi connectivity index (χ3n) is 3.76. The van der Waals surface area contributed by atoms with Crippen LogP contribution in [-0.2, 0) is 6.42 Å². The van der Waals surface area contributed by atoms with Crippen LogP contribution in [-0.4, -0.2) is 26.7 Å². The third-order valence-corrected chi connectivity index (χ3v) is 3.76. The third kappa shape index (κ3) is 2.44. The van der Waals surface area contributed by atoms with Crippen LogP contribution in [0.1, 0.15) is 15.9 Å². The first kappa shape index (κ1) is 13.5. The lowest BCUT2D eigenvalue weighted by atomic mass is 9.98. The molecule has 1 aliphatic rings. The molecule has 108 valence electrons. The Kier molecular flexibility index (Phi) is 3.52. The van der Waals surface area contributed by atoms with Gasteiger partial charge in [0, 0.05) is 23.9 Å². The highest BCUT2D eigenvalue weighted by Gasteiger charge is 2.25. The van der Waals surface area contributed by atoms with Crippen molar-refractivity contribution in [2.24, 2.45) is 0 Å². The lowest BCUT2D eigenvalue weighted by Gasteiger charge is -2.29. The fourth-order valence-corrected chi connectivity index (χ4v) is 2.62. The number of rotatable bonds is 3. The van der Waals surface area contributed by atoms with E-state index in [1.165, 1.54) is 0 Å². The maximum atomic E-state index is 12.7. The van der Waals surface area contributed by atoms with Gasteiger partial charge >= 0.3 is 0 Å². The average Bonchev–Trinajstić information content (AvgIpc) is 2.55. The van der Waals surface area contributed by atoms with E-state index in [0.29, 0.717) is 6.54 Å². The quantitative estimate of drug-likeness (QED) is 0.869. The minimum absolute atomic E-state index is 0.0205. The zero-order valence-electron chi connectivity index (χ0n) is 12.1. The number of carbonyl (C=O) groups excluding carboxylic acids is 1. The van der Waals surface area contributed by atoms with Gasteiger partial charge in [-0.05, 0) is 42.3 Å². The van der Waals surface area contributed by atoms with Gasteiger partial charge < -0.3 is 14.4 Å². The van der Waals surface area contributed by atoms with Crippen molar-refractivity contribution in [1.82, 2.24) is 0 Å². The van der Waals surface area contributed by atoms with Crippen LogP contribution in [0.25, 0.3) is 0 Å². The van der Waals surface area contributed by atoms with Gasteiger partial charge in [0.15, 0.2) is 0 Å².